The fourth-order valence-electron chi connectivity index (χ4n) is 2.34. The van der Waals surface area contributed by atoms with Crippen LogP contribution in [0.4, 0.5) is 0 Å². The third-order valence-electron chi connectivity index (χ3n) is 3.35. The summed E-state index contributed by atoms with van der Waals surface area (Å²) in [6.07, 6.45) is 2.44. The second-order valence-corrected chi connectivity index (χ2v) is 4.51. The van der Waals surface area contributed by atoms with Gasteiger partial charge in [-0.2, -0.15) is 0 Å². The molecule has 1 aliphatic carbocycles. The number of carboxylic acid groups (broad SMARTS) is 1. The average Bonchev–Trinajstić information content (AvgIpc) is 2.39. The van der Waals surface area contributed by atoms with E-state index in [1.165, 1.54) is 12.8 Å². The van der Waals surface area contributed by atoms with Crippen molar-refractivity contribution in [2.24, 2.45) is 5.92 Å². The molecule has 3 heteroatoms. The molecule has 0 spiro atoms. The van der Waals surface area contributed by atoms with Gasteiger partial charge < -0.3 is 5.11 Å². The Balaban J connectivity index is 2.13. The average molecular weight is 169 g/mol. The zero-order valence-electron chi connectivity index (χ0n) is 7.58. The molecule has 2 aliphatic heterocycles. The van der Waals surface area contributed by atoms with Gasteiger partial charge in [-0.05, 0) is 32.6 Å². The first kappa shape index (κ1) is 8.05. The quantitative estimate of drug-likeness (QED) is 0.669. The highest BCUT2D eigenvalue weighted by atomic mass is 16.4. The van der Waals surface area contributed by atoms with Crippen molar-refractivity contribution in [2.75, 3.05) is 6.54 Å². The summed E-state index contributed by atoms with van der Waals surface area (Å²) in [5.41, 5.74) is -0.657. The van der Waals surface area contributed by atoms with Crippen molar-refractivity contribution < 1.29 is 9.90 Å². The zero-order valence-corrected chi connectivity index (χ0v) is 7.58. The Morgan fingerprint density at radius 1 is 1.50 bits per heavy atom. The molecule has 3 nitrogen and oxygen atoms in total. The number of hydrogen-bond donors (Lipinski definition) is 1. The number of carbonyl (C=O) groups is 1. The summed E-state index contributed by atoms with van der Waals surface area (Å²) in [5, 5.41) is 9.00. The van der Waals surface area contributed by atoms with Crippen molar-refractivity contribution in [1.29, 1.82) is 0 Å². The van der Waals surface area contributed by atoms with Gasteiger partial charge in [0.1, 0.15) is 5.54 Å². The molecule has 1 saturated carbocycles. The fraction of sp³-hybridized carbons (Fsp3) is 0.889. The lowest BCUT2D eigenvalue weighted by atomic mass is 9.86. The van der Waals surface area contributed by atoms with Gasteiger partial charge in [0.15, 0.2) is 0 Å². The normalized spacial score (nSPS) is 34.8. The minimum atomic E-state index is -0.699. The summed E-state index contributed by atoms with van der Waals surface area (Å²) in [5.74, 6) is 0.0867. The maximum Gasteiger partial charge on any atom is 0.323 e. The number of aliphatic carboxylic acids is 1. The van der Waals surface area contributed by atoms with Crippen LogP contribution in [0.3, 0.4) is 0 Å². The van der Waals surface area contributed by atoms with Gasteiger partial charge in [0.2, 0.25) is 0 Å². The Morgan fingerprint density at radius 2 is 2.08 bits per heavy atom. The molecular weight excluding hydrogens is 154 g/mol. The minimum Gasteiger partial charge on any atom is -0.480 e. The van der Waals surface area contributed by atoms with E-state index in [1.807, 2.05) is 0 Å². The smallest absolute Gasteiger partial charge is 0.323 e. The van der Waals surface area contributed by atoms with Crippen molar-refractivity contribution in [3.05, 3.63) is 0 Å². The van der Waals surface area contributed by atoms with Crippen LogP contribution >= 0.6 is 0 Å². The molecule has 1 N–H and O–H groups in total. The number of rotatable bonds is 2. The van der Waals surface area contributed by atoms with Crippen molar-refractivity contribution in [2.45, 2.75) is 38.3 Å². The van der Waals surface area contributed by atoms with E-state index in [-0.39, 0.29) is 0 Å². The summed E-state index contributed by atoms with van der Waals surface area (Å²) < 4.78 is 0. The molecule has 12 heavy (non-hydrogen) atoms. The standard InChI is InChI=1S/C9H15NO2/c1-9(2,8(11)12)10-5-6-3-7(10)4-6/h6-7H,3-5H2,1-2H3,(H,11,12). The van der Waals surface area contributed by atoms with Crippen molar-refractivity contribution >= 4 is 5.97 Å². The second kappa shape index (κ2) is 2.22. The Kier molecular flexibility index (Phi) is 1.49. The molecule has 0 unspecified atom stereocenters. The van der Waals surface area contributed by atoms with Gasteiger partial charge in [0.05, 0.1) is 0 Å². The van der Waals surface area contributed by atoms with Gasteiger partial charge in [-0.15, -0.1) is 0 Å². The Morgan fingerprint density at radius 3 is 2.42 bits per heavy atom. The molecule has 2 bridgehead atoms. The van der Waals surface area contributed by atoms with Gasteiger partial charge in [-0.25, -0.2) is 0 Å². The van der Waals surface area contributed by atoms with E-state index in [1.54, 1.807) is 13.8 Å². The van der Waals surface area contributed by atoms with Gasteiger partial charge >= 0.3 is 5.97 Å². The largest absolute Gasteiger partial charge is 0.480 e. The molecule has 2 heterocycles. The lowest BCUT2D eigenvalue weighted by Crippen LogP contribution is -2.50. The molecule has 3 rings (SSSR count). The van der Waals surface area contributed by atoms with Crippen LogP contribution in [0, 0.1) is 5.92 Å². The predicted octanol–water partition coefficient (Wildman–Crippen LogP) is 0.944. The molecule has 2 saturated heterocycles. The highest BCUT2D eigenvalue weighted by Gasteiger charge is 2.50. The van der Waals surface area contributed by atoms with Crippen molar-refractivity contribution in [1.82, 2.24) is 4.90 Å². The van der Waals surface area contributed by atoms with E-state index in [2.05, 4.69) is 4.90 Å². The number of carboxylic acids is 1. The maximum absolute atomic E-state index is 10.9. The van der Waals surface area contributed by atoms with Crippen LogP contribution in [0.15, 0.2) is 0 Å². The van der Waals surface area contributed by atoms with Crippen LogP contribution in [0.25, 0.3) is 0 Å². The zero-order chi connectivity index (χ0) is 8.93. The number of fused-ring (bicyclic) bond motifs is 1. The van der Waals surface area contributed by atoms with Crippen molar-refractivity contribution in [3.8, 4) is 0 Å². The summed E-state index contributed by atoms with van der Waals surface area (Å²) in [6, 6.07) is 0.557. The summed E-state index contributed by atoms with van der Waals surface area (Å²) in [6.45, 7) is 4.59. The molecule has 0 aromatic heterocycles. The van der Waals surface area contributed by atoms with E-state index in [0.717, 1.165) is 12.5 Å². The lowest BCUT2D eigenvalue weighted by molar-refractivity contribution is -0.149. The van der Waals surface area contributed by atoms with Crippen LogP contribution < -0.4 is 0 Å². The summed E-state index contributed by atoms with van der Waals surface area (Å²) >= 11 is 0. The third-order valence-corrected chi connectivity index (χ3v) is 3.35. The summed E-state index contributed by atoms with van der Waals surface area (Å²) in [4.78, 5) is 13.1. The number of nitrogens with zero attached hydrogens (tertiary/aromatic N) is 1. The highest BCUT2D eigenvalue weighted by molar-refractivity contribution is 5.77. The van der Waals surface area contributed by atoms with E-state index in [9.17, 15) is 4.79 Å². The van der Waals surface area contributed by atoms with Gasteiger partial charge in [0, 0.05) is 12.6 Å². The highest BCUT2D eigenvalue weighted by Crippen LogP contribution is 2.44. The van der Waals surface area contributed by atoms with Crippen LogP contribution in [-0.2, 0) is 4.79 Å². The maximum atomic E-state index is 10.9. The van der Waals surface area contributed by atoms with E-state index in [4.69, 9.17) is 5.11 Å². The molecule has 0 radical (unpaired) electrons. The fourth-order valence-corrected chi connectivity index (χ4v) is 2.34. The van der Waals surface area contributed by atoms with Gasteiger partial charge in [-0.1, -0.05) is 0 Å². The SMILES string of the molecule is CC(C)(C(=O)O)N1CC2CC1C2. The first-order valence-corrected chi connectivity index (χ1v) is 4.52. The van der Waals surface area contributed by atoms with E-state index >= 15 is 0 Å². The molecule has 0 aromatic carbocycles. The Hall–Kier alpha value is -0.570. The molecule has 3 aliphatic rings. The van der Waals surface area contributed by atoms with E-state index < -0.39 is 11.5 Å². The lowest BCUT2D eigenvalue weighted by Gasteiger charge is -2.35. The molecule has 0 amide bonds. The van der Waals surface area contributed by atoms with Crippen LogP contribution in [0.1, 0.15) is 26.7 Å². The van der Waals surface area contributed by atoms with Crippen molar-refractivity contribution in [3.63, 3.8) is 0 Å². The third kappa shape index (κ3) is 0.891. The number of hydrogen-bond acceptors (Lipinski definition) is 2. The topological polar surface area (TPSA) is 40.5 Å². The second-order valence-electron chi connectivity index (χ2n) is 4.51. The molecule has 0 atom stereocenters. The molecule has 3 fully saturated rings. The first-order chi connectivity index (χ1) is 5.51. The summed E-state index contributed by atoms with van der Waals surface area (Å²) in [7, 11) is 0. The Labute approximate surface area is 72.4 Å². The van der Waals surface area contributed by atoms with Gasteiger partial charge in [-0.3, -0.25) is 9.69 Å². The first-order valence-electron chi connectivity index (χ1n) is 4.52. The Bertz CT molecular complexity index is 219. The monoisotopic (exact) mass is 169 g/mol. The molecule has 68 valence electrons. The van der Waals surface area contributed by atoms with Gasteiger partial charge in [0.25, 0.3) is 0 Å². The van der Waals surface area contributed by atoms with Crippen LogP contribution in [-0.4, -0.2) is 34.1 Å². The van der Waals surface area contributed by atoms with E-state index in [0.29, 0.717) is 6.04 Å². The molecular formula is C9H15NO2. The predicted molar refractivity (Wildman–Crippen MR) is 44.9 cm³/mol. The van der Waals surface area contributed by atoms with Crippen LogP contribution in [0.5, 0.6) is 0 Å². The van der Waals surface area contributed by atoms with Crippen LogP contribution in [0.2, 0.25) is 0 Å². The minimum absolute atomic E-state index is 0.557. The molecule has 0 aromatic rings.